The Morgan fingerprint density at radius 2 is 2.16 bits per heavy atom. The van der Waals surface area contributed by atoms with Crippen molar-refractivity contribution < 1.29 is 22.7 Å². The predicted octanol–water partition coefficient (Wildman–Crippen LogP) is 1.84. The minimum atomic E-state index is -4.68. The topological polar surface area (TPSA) is 75.9 Å². The maximum absolute atomic E-state index is 12.5. The Hall–Kier alpha value is -2.17. The lowest BCUT2D eigenvalue weighted by atomic mass is 9.91. The Labute approximate surface area is 107 Å². The number of ether oxygens (including phenoxy) is 1. The Kier molecular flexibility index (Phi) is 4.09. The molecule has 102 valence electrons. The lowest BCUT2D eigenvalue weighted by Crippen LogP contribution is -2.35. The van der Waals surface area contributed by atoms with Gasteiger partial charge < -0.3 is 4.74 Å². The first-order valence-corrected chi connectivity index (χ1v) is 5.25. The molecule has 0 aliphatic heterocycles. The summed E-state index contributed by atoms with van der Waals surface area (Å²) in [5, 5.41) is 9.02. The quantitative estimate of drug-likeness (QED) is 0.785. The first kappa shape index (κ1) is 14.9. The molecule has 1 rings (SSSR count). The van der Waals surface area contributed by atoms with Gasteiger partial charge in [0.1, 0.15) is 5.69 Å². The normalized spacial score (nSPS) is 14.3. The van der Waals surface area contributed by atoms with Crippen LogP contribution in [0.25, 0.3) is 0 Å². The zero-order chi connectivity index (χ0) is 14.7. The number of carbonyl (C=O) groups is 1. The summed E-state index contributed by atoms with van der Waals surface area (Å²) in [7, 11) is 0. The molecule has 19 heavy (non-hydrogen) atoms. The number of hydrogen-bond donors (Lipinski definition) is 0. The van der Waals surface area contributed by atoms with E-state index < -0.39 is 29.1 Å². The first-order valence-electron chi connectivity index (χ1n) is 5.25. The van der Waals surface area contributed by atoms with E-state index in [1.54, 1.807) is 6.07 Å². The van der Waals surface area contributed by atoms with E-state index in [-0.39, 0.29) is 6.61 Å². The first-order chi connectivity index (χ1) is 8.75. The van der Waals surface area contributed by atoms with Gasteiger partial charge in [0.15, 0.2) is 5.82 Å². The fourth-order valence-electron chi connectivity index (χ4n) is 1.22. The molecule has 8 heteroatoms. The lowest BCUT2D eigenvalue weighted by Gasteiger charge is -2.18. The molecule has 0 N–H and O–H groups in total. The predicted molar refractivity (Wildman–Crippen MR) is 56.6 cm³/mol. The van der Waals surface area contributed by atoms with Crippen LogP contribution in [0.4, 0.5) is 13.2 Å². The molecule has 1 aromatic rings. The number of alkyl halides is 3. The van der Waals surface area contributed by atoms with Gasteiger partial charge in [0.25, 0.3) is 0 Å². The second-order valence-electron chi connectivity index (χ2n) is 3.72. The zero-order valence-corrected chi connectivity index (χ0v) is 10.2. The molecule has 0 saturated heterocycles. The van der Waals surface area contributed by atoms with Gasteiger partial charge in [-0.05, 0) is 19.9 Å². The van der Waals surface area contributed by atoms with Gasteiger partial charge in [-0.25, -0.2) is 14.8 Å². The molecule has 1 aromatic heterocycles. The van der Waals surface area contributed by atoms with Crippen LogP contribution in [0.15, 0.2) is 12.3 Å². The van der Waals surface area contributed by atoms with Crippen LogP contribution in [0.1, 0.15) is 25.4 Å². The van der Waals surface area contributed by atoms with Gasteiger partial charge >= 0.3 is 12.1 Å². The van der Waals surface area contributed by atoms with Crippen LogP contribution in [-0.4, -0.2) is 22.5 Å². The van der Waals surface area contributed by atoms with Gasteiger partial charge in [0.2, 0.25) is 5.41 Å². The summed E-state index contributed by atoms with van der Waals surface area (Å²) in [6, 6.07) is 2.25. The van der Waals surface area contributed by atoms with Crippen molar-refractivity contribution in [2.45, 2.75) is 25.4 Å². The molecule has 0 spiro atoms. The van der Waals surface area contributed by atoms with Gasteiger partial charge in [-0.1, -0.05) is 0 Å². The van der Waals surface area contributed by atoms with E-state index in [1.807, 2.05) is 0 Å². The summed E-state index contributed by atoms with van der Waals surface area (Å²) in [4.78, 5) is 18.4. The van der Waals surface area contributed by atoms with Crippen LogP contribution in [-0.2, 0) is 21.1 Å². The minimum absolute atomic E-state index is 0.00490. The summed E-state index contributed by atoms with van der Waals surface area (Å²) in [6.45, 7) is 2.62. The highest BCUT2D eigenvalue weighted by Gasteiger charge is 2.42. The van der Waals surface area contributed by atoms with Gasteiger partial charge in [-0.3, -0.25) is 0 Å². The van der Waals surface area contributed by atoms with Gasteiger partial charge in [0, 0.05) is 6.20 Å². The number of halogens is 3. The molecule has 1 atom stereocenters. The highest BCUT2D eigenvalue weighted by molar-refractivity contribution is 5.85. The van der Waals surface area contributed by atoms with Crippen LogP contribution in [0.2, 0.25) is 0 Å². The van der Waals surface area contributed by atoms with Crippen molar-refractivity contribution in [3.8, 4) is 6.07 Å². The lowest BCUT2D eigenvalue weighted by molar-refractivity contribution is -0.148. The van der Waals surface area contributed by atoms with Crippen molar-refractivity contribution >= 4 is 5.97 Å². The monoisotopic (exact) mass is 273 g/mol. The maximum Gasteiger partial charge on any atom is 0.433 e. The zero-order valence-electron chi connectivity index (χ0n) is 10.2. The standard InChI is InChI=1S/C11H10F3N3O2/c1-3-19-9(18)10(2,6-15)8-16-5-4-7(17-8)11(12,13)14/h4-5H,3H2,1-2H3. The highest BCUT2D eigenvalue weighted by atomic mass is 19.4. The Morgan fingerprint density at radius 3 is 2.63 bits per heavy atom. The number of nitriles is 1. The van der Waals surface area contributed by atoms with E-state index in [9.17, 15) is 18.0 Å². The molecule has 0 aliphatic rings. The van der Waals surface area contributed by atoms with Crippen molar-refractivity contribution in [2.75, 3.05) is 6.61 Å². The third kappa shape index (κ3) is 2.99. The third-order valence-electron chi connectivity index (χ3n) is 2.30. The molecular weight excluding hydrogens is 263 g/mol. The SMILES string of the molecule is CCOC(=O)C(C)(C#N)c1nccc(C(F)(F)F)n1. The number of nitrogens with zero attached hydrogens (tertiary/aromatic N) is 3. The van der Waals surface area contributed by atoms with E-state index in [1.165, 1.54) is 6.92 Å². The molecule has 0 aromatic carbocycles. The number of hydrogen-bond acceptors (Lipinski definition) is 5. The summed E-state index contributed by atoms with van der Waals surface area (Å²) >= 11 is 0. The van der Waals surface area contributed by atoms with Crippen molar-refractivity contribution in [2.24, 2.45) is 0 Å². The second-order valence-corrected chi connectivity index (χ2v) is 3.72. The number of aromatic nitrogens is 2. The van der Waals surface area contributed by atoms with E-state index in [4.69, 9.17) is 5.26 Å². The molecule has 0 fully saturated rings. The molecule has 0 bridgehead atoms. The maximum atomic E-state index is 12.5. The molecule has 1 unspecified atom stereocenters. The van der Waals surface area contributed by atoms with Crippen molar-refractivity contribution in [1.82, 2.24) is 9.97 Å². The van der Waals surface area contributed by atoms with Crippen molar-refractivity contribution in [3.63, 3.8) is 0 Å². The molecule has 5 nitrogen and oxygen atoms in total. The molecule has 0 radical (unpaired) electrons. The summed E-state index contributed by atoms with van der Waals surface area (Å²) in [5.41, 5.74) is -3.19. The molecule has 0 saturated carbocycles. The van der Waals surface area contributed by atoms with Gasteiger partial charge in [0.05, 0.1) is 12.7 Å². The largest absolute Gasteiger partial charge is 0.464 e. The fourth-order valence-corrected chi connectivity index (χ4v) is 1.22. The Morgan fingerprint density at radius 1 is 1.53 bits per heavy atom. The minimum Gasteiger partial charge on any atom is -0.464 e. The fraction of sp³-hybridized carbons (Fsp3) is 0.455. The van der Waals surface area contributed by atoms with Gasteiger partial charge in [-0.15, -0.1) is 0 Å². The molecular formula is C11H10F3N3O2. The van der Waals surface area contributed by atoms with E-state index in [2.05, 4.69) is 14.7 Å². The highest BCUT2D eigenvalue weighted by Crippen LogP contribution is 2.29. The van der Waals surface area contributed by atoms with Crippen LogP contribution >= 0.6 is 0 Å². The van der Waals surface area contributed by atoms with Crippen molar-refractivity contribution in [3.05, 3.63) is 23.8 Å². The van der Waals surface area contributed by atoms with E-state index in [0.717, 1.165) is 13.1 Å². The third-order valence-corrected chi connectivity index (χ3v) is 2.30. The van der Waals surface area contributed by atoms with E-state index in [0.29, 0.717) is 6.07 Å². The summed E-state index contributed by atoms with van der Waals surface area (Å²) in [6.07, 6.45) is -3.83. The van der Waals surface area contributed by atoms with Crippen LogP contribution in [0.3, 0.4) is 0 Å². The van der Waals surface area contributed by atoms with Crippen molar-refractivity contribution in [1.29, 1.82) is 5.26 Å². The summed E-state index contributed by atoms with van der Waals surface area (Å²) in [5.74, 6) is -1.53. The van der Waals surface area contributed by atoms with Crippen LogP contribution in [0, 0.1) is 11.3 Å². The molecule has 0 aliphatic carbocycles. The molecule has 1 heterocycles. The van der Waals surface area contributed by atoms with Crippen LogP contribution < -0.4 is 0 Å². The average molecular weight is 273 g/mol. The Balaban J connectivity index is 3.28. The second kappa shape index (κ2) is 5.22. The van der Waals surface area contributed by atoms with Crippen LogP contribution in [0.5, 0.6) is 0 Å². The number of carbonyl (C=O) groups excluding carboxylic acids is 1. The number of esters is 1. The number of rotatable bonds is 3. The molecule has 0 amide bonds. The smallest absolute Gasteiger partial charge is 0.433 e. The Bertz CT molecular complexity index is 525. The summed E-state index contributed by atoms with van der Waals surface area (Å²) < 4.78 is 42.2. The van der Waals surface area contributed by atoms with Gasteiger partial charge in [-0.2, -0.15) is 18.4 Å². The van der Waals surface area contributed by atoms with E-state index >= 15 is 0 Å². The average Bonchev–Trinajstić information content (AvgIpc) is 2.37.